The summed E-state index contributed by atoms with van der Waals surface area (Å²) in [6.07, 6.45) is 0.433. The zero-order chi connectivity index (χ0) is 17.3. The number of nitrogens with zero attached hydrogens (tertiary/aromatic N) is 2. The van der Waals surface area contributed by atoms with Gasteiger partial charge < -0.3 is 20.2 Å². The number of nitrogens with one attached hydrogen (secondary N) is 1. The van der Waals surface area contributed by atoms with Crippen LogP contribution in [0, 0.1) is 18.8 Å². The lowest BCUT2D eigenvalue weighted by Gasteiger charge is -2.34. The molecule has 0 radical (unpaired) electrons. The fourth-order valence-electron chi connectivity index (χ4n) is 3.03. The molecule has 3 amide bonds. The fraction of sp³-hybridized carbons (Fsp3) is 0.471. The summed E-state index contributed by atoms with van der Waals surface area (Å²) in [5, 5.41) is 11.8. The van der Waals surface area contributed by atoms with Crippen LogP contribution in [0.4, 0.5) is 10.5 Å². The Morgan fingerprint density at radius 2 is 1.75 bits per heavy atom. The minimum atomic E-state index is -0.899. The second kappa shape index (κ2) is 6.51. The molecule has 0 aromatic heterocycles. The van der Waals surface area contributed by atoms with Gasteiger partial charge in [0.05, 0.1) is 11.8 Å². The first-order valence-electron chi connectivity index (χ1n) is 8.10. The van der Waals surface area contributed by atoms with Crippen molar-refractivity contribution in [2.24, 2.45) is 11.8 Å². The van der Waals surface area contributed by atoms with E-state index in [-0.39, 0.29) is 17.9 Å². The first-order chi connectivity index (χ1) is 11.5. The molecule has 1 aliphatic carbocycles. The number of urea groups is 1. The van der Waals surface area contributed by atoms with E-state index in [0.717, 1.165) is 11.3 Å². The molecule has 24 heavy (non-hydrogen) atoms. The van der Waals surface area contributed by atoms with Gasteiger partial charge in [0.25, 0.3) is 0 Å². The van der Waals surface area contributed by atoms with Gasteiger partial charge in [-0.3, -0.25) is 9.59 Å². The monoisotopic (exact) mass is 331 g/mol. The van der Waals surface area contributed by atoms with E-state index in [9.17, 15) is 14.4 Å². The summed E-state index contributed by atoms with van der Waals surface area (Å²) >= 11 is 0. The maximum atomic E-state index is 12.3. The molecule has 0 spiro atoms. The van der Waals surface area contributed by atoms with Gasteiger partial charge >= 0.3 is 12.0 Å². The van der Waals surface area contributed by atoms with Gasteiger partial charge in [-0.1, -0.05) is 12.1 Å². The Hall–Kier alpha value is -2.57. The number of rotatable bonds is 3. The first kappa shape index (κ1) is 16.3. The van der Waals surface area contributed by atoms with Crippen molar-refractivity contribution in [3.8, 4) is 0 Å². The lowest BCUT2D eigenvalue weighted by Crippen LogP contribution is -2.52. The van der Waals surface area contributed by atoms with Crippen LogP contribution in [0.5, 0.6) is 0 Å². The predicted octanol–water partition coefficient (Wildman–Crippen LogP) is 1.39. The number of hydrogen-bond acceptors (Lipinski definition) is 3. The summed E-state index contributed by atoms with van der Waals surface area (Å²) in [5.74, 6) is -1.90. The Morgan fingerprint density at radius 1 is 1.08 bits per heavy atom. The summed E-state index contributed by atoms with van der Waals surface area (Å²) in [6, 6.07) is 7.40. The maximum absolute atomic E-state index is 12.3. The Bertz CT molecular complexity index is 668. The highest BCUT2D eigenvalue weighted by molar-refractivity contribution is 5.91. The lowest BCUT2D eigenvalue weighted by molar-refractivity contribution is -0.142. The Morgan fingerprint density at radius 3 is 2.33 bits per heavy atom. The third kappa shape index (κ3) is 3.50. The minimum absolute atomic E-state index is 0.0962. The molecule has 7 nitrogen and oxygen atoms in total. The number of benzene rings is 1. The number of carboxylic acid groups (broad SMARTS) is 1. The van der Waals surface area contributed by atoms with E-state index in [2.05, 4.69) is 5.32 Å². The molecule has 1 aliphatic heterocycles. The number of piperazine rings is 1. The molecule has 128 valence electrons. The van der Waals surface area contributed by atoms with Gasteiger partial charge in [-0.25, -0.2) is 4.79 Å². The standard InChI is InChI=1S/C17H21N3O4/c1-11-3-2-4-12(9-11)18-17(24)20-7-5-19(6-8-20)15(21)13-10-14(13)16(22)23/h2-4,9,13-14H,5-8,10H2,1H3,(H,18,24)(H,22,23). The van der Waals surface area contributed by atoms with Crippen LogP contribution in [0.25, 0.3) is 0 Å². The highest BCUT2D eigenvalue weighted by atomic mass is 16.4. The van der Waals surface area contributed by atoms with E-state index in [0.29, 0.717) is 32.6 Å². The van der Waals surface area contributed by atoms with Crippen LogP contribution in [0.1, 0.15) is 12.0 Å². The molecule has 1 heterocycles. The molecule has 2 fully saturated rings. The zero-order valence-electron chi connectivity index (χ0n) is 13.6. The van der Waals surface area contributed by atoms with Crippen molar-refractivity contribution >= 4 is 23.6 Å². The van der Waals surface area contributed by atoms with Gasteiger partial charge in [-0.05, 0) is 31.0 Å². The third-order valence-corrected chi connectivity index (χ3v) is 4.57. The van der Waals surface area contributed by atoms with Crippen LogP contribution >= 0.6 is 0 Å². The van der Waals surface area contributed by atoms with E-state index in [4.69, 9.17) is 5.11 Å². The van der Waals surface area contributed by atoms with Crippen molar-refractivity contribution < 1.29 is 19.5 Å². The van der Waals surface area contributed by atoms with Crippen LogP contribution in [0.15, 0.2) is 24.3 Å². The van der Waals surface area contributed by atoms with E-state index < -0.39 is 11.9 Å². The molecule has 1 saturated carbocycles. The predicted molar refractivity (Wildman–Crippen MR) is 87.6 cm³/mol. The molecule has 1 saturated heterocycles. The van der Waals surface area contributed by atoms with Crippen LogP contribution in [0.3, 0.4) is 0 Å². The van der Waals surface area contributed by atoms with Crippen LogP contribution < -0.4 is 5.32 Å². The number of carbonyl (C=O) groups is 3. The number of aryl methyl sites for hydroxylation is 1. The van der Waals surface area contributed by atoms with Crippen molar-refractivity contribution in [2.75, 3.05) is 31.5 Å². The topological polar surface area (TPSA) is 90.0 Å². The molecular weight excluding hydrogens is 310 g/mol. The van der Waals surface area contributed by atoms with E-state index >= 15 is 0 Å². The number of carbonyl (C=O) groups excluding carboxylic acids is 2. The number of hydrogen-bond donors (Lipinski definition) is 2. The summed E-state index contributed by atoms with van der Waals surface area (Å²) in [7, 11) is 0. The van der Waals surface area contributed by atoms with Crippen molar-refractivity contribution in [3.63, 3.8) is 0 Å². The highest BCUT2D eigenvalue weighted by Gasteiger charge is 2.50. The van der Waals surface area contributed by atoms with Gasteiger partial charge in [0.2, 0.25) is 5.91 Å². The van der Waals surface area contributed by atoms with Crippen LogP contribution in [-0.4, -0.2) is 59.0 Å². The molecule has 2 N–H and O–H groups in total. The SMILES string of the molecule is Cc1cccc(NC(=O)N2CCN(C(=O)C3CC3C(=O)O)CC2)c1. The Kier molecular flexibility index (Phi) is 4.42. The van der Waals surface area contributed by atoms with Gasteiger partial charge in [0, 0.05) is 31.9 Å². The van der Waals surface area contributed by atoms with Crippen LogP contribution in [0.2, 0.25) is 0 Å². The Labute approximate surface area is 140 Å². The molecule has 0 bridgehead atoms. The number of anilines is 1. The molecule has 2 atom stereocenters. The first-order valence-corrected chi connectivity index (χ1v) is 8.10. The molecule has 2 unspecified atom stereocenters. The quantitative estimate of drug-likeness (QED) is 0.876. The smallest absolute Gasteiger partial charge is 0.321 e. The van der Waals surface area contributed by atoms with E-state index in [1.165, 1.54) is 0 Å². The van der Waals surface area contributed by atoms with Gasteiger partial charge in [0.15, 0.2) is 0 Å². The average molecular weight is 331 g/mol. The molecule has 7 heteroatoms. The second-order valence-electron chi connectivity index (χ2n) is 6.40. The van der Waals surface area contributed by atoms with E-state index in [1.807, 2.05) is 31.2 Å². The van der Waals surface area contributed by atoms with Crippen molar-refractivity contribution in [3.05, 3.63) is 29.8 Å². The van der Waals surface area contributed by atoms with Crippen molar-refractivity contribution in [1.29, 1.82) is 0 Å². The second-order valence-corrected chi connectivity index (χ2v) is 6.40. The summed E-state index contributed by atoms with van der Waals surface area (Å²) in [6.45, 7) is 3.76. The largest absolute Gasteiger partial charge is 0.481 e. The zero-order valence-corrected chi connectivity index (χ0v) is 13.6. The number of aliphatic carboxylic acids is 1. The number of carboxylic acids is 1. The van der Waals surface area contributed by atoms with E-state index in [1.54, 1.807) is 9.80 Å². The molecular formula is C17H21N3O4. The highest BCUT2D eigenvalue weighted by Crippen LogP contribution is 2.40. The lowest BCUT2D eigenvalue weighted by atomic mass is 10.2. The van der Waals surface area contributed by atoms with Gasteiger partial charge in [0.1, 0.15) is 0 Å². The fourth-order valence-corrected chi connectivity index (χ4v) is 3.03. The van der Waals surface area contributed by atoms with Gasteiger partial charge in [-0.15, -0.1) is 0 Å². The average Bonchev–Trinajstić information content (AvgIpc) is 3.35. The molecule has 3 rings (SSSR count). The molecule has 2 aliphatic rings. The normalized spacial score (nSPS) is 22.9. The van der Waals surface area contributed by atoms with Crippen molar-refractivity contribution in [1.82, 2.24) is 9.80 Å². The summed E-state index contributed by atoms with van der Waals surface area (Å²) < 4.78 is 0. The third-order valence-electron chi connectivity index (χ3n) is 4.57. The minimum Gasteiger partial charge on any atom is -0.481 e. The van der Waals surface area contributed by atoms with Crippen molar-refractivity contribution in [2.45, 2.75) is 13.3 Å². The Balaban J connectivity index is 1.49. The van der Waals surface area contributed by atoms with Gasteiger partial charge in [-0.2, -0.15) is 0 Å². The number of amides is 3. The maximum Gasteiger partial charge on any atom is 0.321 e. The van der Waals surface area contributed by atoms with Crippen LogP contribution in [-0.2, 0) is 9.59 Å². The summed E-state index contributed by atoms with van der Waals surface area (Å²) in [5.41, 5.74) is 1.82. The molecule has 1 aromatic rings. The summed E-state index contributed by atoms with van der Waals surface area (Å²) in [4.78, 5) is 38.7. The molecule has 1 aromatic carbocycles.